The van der Waals surface area contributed by atoms with E-state index in [0.717, 1.165) is 5.56 Å². The number of hydrogen-bond acceptors (Lipinski definition) is 3. The molecule has 0 bridgehead atoms. The molecule has 0 fully saturated rings. The zero-order valence-corrected chi connectivity index (χ0v) is 12.4. The zero-order valence-electron chi connectivity index (χ0n) is 12.4. The lowest BCUT2D eigenvalue weighted by molar-refractivity contribution is -0.384. The summed E-state index contributed by atoms with van der Waals surface area (Å²) < 4.78 is 12.9. The highest BCUT2D eigenvalue weighted by Gasteiger charge is 2.08. The van der Waals surface area contributed by atoms with E-state index in [9.17, 15) is 19.3 Å². The molecule has 5 nitrogen and oxygen atoms in total. The van der Waals surface area contributed by atoms with Gasteiger partial charge in [0.15, 0.2) is 0 Å². The van der Waals surface area contributed by atoms with Crippen molar-refractivity contribution in [3.05, 3.63) is 81.7 Å². The molecule has 1 N–H and O–H groups in total. The first-order valence-corrected chi connectivity index (χ1v) is 6.94. The molecule has 0 spiro atoms. The van der Waals surface area contributed by atoms with Gasteiger partial charge in [-0.05, 0) is 36.3 Å². The number of benzene rings is 2. The highest BCUT2D eigenvalue weighted by Crippen LogP contribution is 2.15. The molecule has 0 saturated carbocycles. The largest absolute Gasteiger partial charge is 0.346 e. The molecule has 6 heteroatoms. The Balaban J connectivity index is 2.00. The van der Waals surface area contributed by atoms with Crippen molar-refractivity contribution in [2.24, 2.45) is 0 Å². The van der Waals surface area contributed by atoms with Crippen molar-refractivity contribution in [1.29, 1.82) is 0 Å². The number of nitrogens with one attached hydrogen (secondary N) is 1. The van der Waals surface area contributed by atoms with Gasteiger partial charge in [0.25, 0.3) is 5.69 Å². The van der Waals surface area contributed by atoms with Gasteiger partial charge in [-0.3, -0.25) is 14.9 Å². The molecular weight excluding hydrogens is 299 g/mol. The Bertz CT molecular complexity index is 742. The van der Waals surface area contributed by atoms with Crippen molar-refractivity contribution in [2.75, 3.05) is 0 Å². The van der Waals surface area contributed by atoms with Crippen LogP contribution >= 0.6 is 0 Å². The van der Waals surface area contributed by atoms with Crippen molar-refractivity contribution in [3.8, 4) is 0 Å². The van der Waals surface area contributed by atoms with Crippen LogP contribution < -0.4 is 5.32 Å². The normalized spacial score (nSPS) is 12.1. The second kappa shape index (κ2) is 7.31. The maximum absolute atomic E-state index is 12.9. The molecule has 0 aromatic heterocycles. The monoisotopic (exact) mass is 314 g/mol. The minimum absolute atomic E-state index is 0.0350. The summed E-state index contributed by atoms with van der Waals surface area (Å²) in [5, 5.41) is 13.4. The van der Waals surface area contributed by atoms with Gasteiger partial charge in [0.1, 0.15) is 5.82 Å². The van der Waals surface area contributed by atoms with E-state index in [0.29, 0.717) is 5.56 Å². The predicted molar refractivity (Wildman–Crippen MR) is 85.1 cm³/mol. The molecule has 23 heavy (non-hydrogen) atoms. The second-order valence-corrected chi connectivity index (χ2v) is 4.97. The molecule has 2 aromatic rings. The topological polar surface area (TPSA) is 72.2 Å². The lowest BCUT2D eigenvalue weighted by atomic mass is 10.1. The molecular formula is C17H15FN2O3. The Kier molecular flexibility index (Phi) is 5.19. The van der Waals surface area contributed by atoms with Gasteiger partial charge in [0, 0.05) is 18.2 Å². The number of nitro groups is 1. The van der Waals surface area contributed by atoms with Crippen LogP contribution in [0.15, 0.2) is 54.6 Å². The SMILES string of the molecule is C[C@@H](NC(=O)/C=C/c1cccc([N+](=O)[O-])c1)c1ccc(F)cc1. The third kappa shape index (κ3) is 4.74. The van der Waals surface area contributed by atoms with Crippen molar-refractivity contribution < 1.29 is 14.1 Å². The van der Waals surface area contributed by atoms with Crippen LogP contribution in [0.25, 0.3) is 6.08 Å². The Labute approximate surface area is 132 Å². The van der Waals surface area contributed by atoms with E-state index >= 15 is 0 Å². The van der Waals surface area contributed by atoms with Crippen molar-refractivity contribution in [3.63, 3.8) is 0 Å². The van der Waals surface area contributed by atoms with Crippen molar-refractivity contribution >= 4 is 17.7 Å². The van der Waals surface area contributed by atoms with Crippen LogP contribution in [0.3, 0.4) is 0 Å². The van der Waals surface area contributed by atoms with Gasteiger partial charge >= 0.3 is 0 Å². The molecule has 2 rings (SSSR count). The fraction of sp³-hybridized carbons (Fsp3) is 0.118. The smallest absolute Gasteiger partial charge is 0.270 e. The maximum atomic E-state index is 12.9. The number of nitro benzene ring substituents is 1. The number of carbonyl (C=O) groups is 1. The Hall–Kier alpha value is -3.02. The van der Waals surface area contributed by atoms with E-state index in [1.807, 2.05) is 0 Å². The first kappa shape index (κ1) is 16.4. The number of nitrogens with zero attached hydrogens (tertiary/aromatic N) is 1. The maximum Gasteiger partial charge on any atom is 0.270 e. The summed E-state index contributed by atoms with van der Waals surface area (Å²) in [6.07, 6.45) is 2.80. The number of hydrogen-bond donors (Lipinski definition) is 1. The summed E-state index contributed by atoms with van der Waals surface area (Å²) in [5.41, 5.74) is 1.31. The average molecular weight is 314 g/mol. The number of halogens is 1. The molecule has 0 radical (unpaired) electrons. The average Bonchev–Trinajstić information content (AvgIpc) is 2.53. The van der Waals surface area contributed by atoms with Crippen LogP contribution in [-0.2, 0) is 4.79 Å². The van der Waals surface area contributed by atoms with Gasteiger partial charge in [-0.2, -0.15) is 0 Å². The molecule has 1 atom stereocenters. The van der Waals surface area contributed by atoms with Gasteiger partial charge in [0.2, 0.25) is 5.91 Å². The molecule has 2 aromatic carbocycles. The van der Waals surface area contributed by atoms with Gasteiger partial charge in [-0.1, -0.05) is 24.3 Å². The molecule has 0 aliphatic carbocycles. The summed E-state index contributed by atoms with van der Waals surface area (Å²) in [6.45, 7) is 1.78. The van der Waals surface area contributed by atoms with Crippen LogP contribution in [0.5, 0.6) is 0 Å². The van der Waals surface area contributed by atoms with E-state index in [2.05, 4.69) is 5.32 Å². The molecule has 0 heterocycles. The summed E-state index contributed by atoms with van der Waals surface area (Å²) >= 11 is 0. The van der Waals surface area contributed by atoms with Crippen LogP contribution in [0, 0.1) is 15.9 Å². The number of amides is 1. The minimum Gasteiger partial charge on any atom is -0.346 e. The molecule has 0 unspecified atom stereocenters. The predicted octanol–water partition coefficient (Wildman–Crippen LogP) is 3.62. The van der Waals surface area contributed by atoms with Crippen LogP contribution in [0.1, 0.15) is 24.1 Å². The molecule has 0 aliphatic rings. The summed E-state index contributed by atoms with van der Waals surface area (Å²) in [4.78, 5) is 22.1. The fourth-order valence-corrected chi connectivity index (χ4v) is 2.01. The van der Waals surface area contributed by atoms with Crippen molar-refractivity contribution in [2.45, 2.75) is 13.0 Å². The van der Waals surface area contributed by atoms with Crippen LogP contribution in [0.4, 0.5) is 10.1 Å². The summed E-state index contributed by atoms with van der Waals surface area (Å²) in [6, 6.07) is 11.6. The molecule has 0 aliphatic heterocycles. The molecule has 1 amide bonds. The van der Waals surface area contributed by atoms with Gasteiger partial charge in [-0.15, -0.1) is 0 Å². The van der Waals surface area contributed by atoms with Crippen LogP contribution in [0.2, 0.25) is 0 Å². The van der Waals surface area contributed by atoms with Crippen LogP contribution in [-0.4, -0.2) is 10.8 Å². The first-order chi connectivity index (χ1) is 11.0. The number of rotatable bonds is 5. The number of non-ortho nitro benzene ring substituents is 1. The molecule has 0 saturated heterocycles. The van der Waals surface area contributed by atoms with Gasteiger partial charge < -0.3 is 5.32 Å². The second-order valence-electron chi connectivity index (χ2n) is 4.97. The number of carbonyl (C=O) groups excluding carboxylic acids is 1. The summed E-state index contributed by atoms with van der Waals surface area (Å²) in [5.74, 6) is -0.675. The van der Waals surface area contributed by atoms with Crippen molar-refractivity contribution in [1.82, 2.24) is 5.32 Å². The Morgan fingerprint density at radius 1 is 1.26 bits per heavy atom. The van der Waals surface area contributed by atoms with E-state index < -0.39 is 4.92 Å². The highest BCUT2D eigenvalue weighted by molar-refractivity contribution is 5.92. The van der Waals surface area contributed by atoms with E-state index in [1.165, 1.54) is 36.4 Å². The van der Waals surface area contributed by atoms with Gasteiger partial charge in [-0.25, -0.2) is 4.39 Å². The van der Waals surface area contributed by atoms with E-state index in [1.54, 1.807) is 31.2 Å². The quantitative estimate of drug-likeness (QED) is 0.520. The third-order valence-corrected chi connectivity index (χ3v) is 3.24. The van der Waals surface area contributed by atoms with E-state index in [4.69, 9.17) is 0 Å². The van der Waals surface area contributed by atoms with Gasteiger partial charge in [0.05, 0.1) is 11.0 Å². The third-order valence-electron chi connectivity index (χ3n) is 3.24. The molecule has 118 valence electrons. The minimum atomic E-state index is -0.492. The Morgan fingerprint density at radius 2 is 1.96 bits per heavy atom. The fourth-order valence-electron chi connectivity index (χ4n) is 2.01. The lowest BCUT2D eigenvalue weighted by Crippen LogP contribution is -2.24. The van der Waals surface area contributed by atoms with E-state index in [-0.39, 0.29) is 23.5 Å². The zero-order chi connectivity index (χ0) is 16.8. The standard InChI is InChI=1S/C17H15FN2O3/c1-12(14-6-8-15(18)9-7-14)19-17(21)10-5-13-3-2-4-16(11-13)20(22)23/h2-12H,1H3,(H,19,21)/b10-5+/t12-/m1/s1. The Morgan fingerprint density at radius 3 is 2.61 bits per heavy atom. The highest BCUT2D eigenvalue weighted by atomic mass is 19.1. The lowest BCUT2D eigenvalue weighted by Gasteiger charge is -2.12. The first-order valence-electron chi connectivity index (χ1n) is 6.94. The summed E-state index contributed by atoms with van der Waals surface area (Å²) in [7, 11) is 0.